The van der Waals surface area contributed by atoms with Crippen molar-refractivity contribution in [1.29, 1.82) is 0 Å². The van der Waals surface area contributed by atoms with Gasteiger partial charge in [-0.3, -0.25) is 14.7 Å². The second kappa shape index (κ2) is 7.28. The Hall–Kier alpha value is -1.98. The van der Waals surface area contributed by atoms with Gasteiger partial charge in [-0.1, -0.05) is 24.3 Å². The first-order chi connectivity index (χ1) is 11.5. The molecule has 0 radical (unpaired) electrons. The van der Waals surface area contributed by atoms with Gasteiger partial charge in [-0.05, 0) is 32.6 Å². The topological polar surface area (TPSA) is 39.7 Å². The summed E-state index contributed by atoms with van der Waals surface area (Å²) in [6.07, 6.45) is 1.14. The molecule has 1 atom stereocenters. The van der Waals surface area contributed by atoms with Crippen molar-refractivity contribution >= 4 is 16.8 Å². The Morgan fingerprint density at radius 1 is 1.21 bits per heavy atom. The summed E-state index contributed by atoms with van der Waals surface area (Å²) in [6, 6.07) is 12.7. The number of fused-ring (bicyclic) bond motifs is 1. The number of nitrogens with zero attached hydrogens (tertiary/aromatic N) is 4. The van der Waals surface area contributed by atoms with Crippen LogP contribution in [0.1, 0.15) is 12.1 Å². The number of likely N-dealkylation sites (tertiary alicyclic amines) is 1. The van der Waals surface area contributed by atoms with Crippen LogP contribution < -0.4 is 0 Å². The van der Waals surface area contributed by atoms with Crippen LogP contribution in [0.5, 0.6) is 0 Å². The second-order valence-electron chi connectivity index (χ2n) is 6.89. The molecule has 0 spiro atoms. The van der Waals surface area contributed by atoms with Gasteiger partial charge in [0.2, 0.25) is 5.91 Å². The van der Waals surface area contributed by atoms with Crippen LogP contribution >= 0.6 is 0 Å². The van der Waals surface area contributed by atoms with Gasteiger partial charge in [0, 0.05) is 31.6 Å². The van der Waals surface area contributed by atoms with Crippen molar-refractivity contribution in [3.8, 4) is 0 Å². The van der Waals surface area contributed by atoms with Crippen molar-refractivity contribution in [2.45, 2.75) is 19.0 Å². The maximum Gasteiger partial charge on any atom is 0.236 e. The third kappa shape index (κ3) is 3.91. The first-order valence-corrected chi connectivity index (χ1v) is 8.50. The summed E-state index contributed by atoms with van der Waals surface area (Å²) in [5.41, 5.74) is 1.90. The smallest absolute Gasteiger partial charge is 0.236 e. The third-order valence-electron chi connectivity index (χ3n) is 4.82. The van der Waals surface area contributed by atoms with Gasteiger partial charge in [-0.2, -0.15) is 0 Å². The van der Waals surface area contributed by atoms with E-state index in [9.17, 15) is 4.79 Å². The lowest BCUT2D eigenvalue weighted by Crippen LogP contribution is -2.39. The highest BCUT2D eigenvalue weighted by Gasteiger charge is 2.26. The molecule has 0 saturated carbocycles. The molecule has 2 heterocycles. The lowest BCUT2D eigenvalue weighted by atomic mass is 10.2. The van der Waals surface area contributed by atoms with Gasteiger partial charge in [0.15, 0.2) is 0 Å². The standard InChI is InChI=1S/C19H26N4O/c1-21(2)17-10-11-23(13-17)14-19(24)22(3)12-16-9-8-15-6-4-5-7-18(15)20-16/h4-9,17H,10-14H2,1-3H3/t17-/m1/s1. The predicted octanol–water partition coefficient (Wildman–Crippen LogP) is 1.83. The molecule has 128 valence electrons. The summed E-state index contributed by atoms with van der Waals surface area (Å²) < 4.78 is 0. The highest BCUT2D eigenvalue weighted by molar-refractivity contribution is 5.79. The van der Waals surface area contributed by atoms with Crippen molar-refractivity contribution in [2.24, 2.45) is 0 Å². The predicted molar refractivity (Wildman–Crippen MR) is 96.7 cm³/mol. The van der Waals surface area contributed by atoms with Crippen LogP contribution in [-0.2, 0) is 11.3 Å². The molecule has 1 aromatic carbocycles. The van der Waals surface area contributed by atoms with Crippen molar-refractivity contribution < 1.29 is 4.79 Å². The van der Waals surface area contributed by atoms with E-state index in [1.165, 1.54) is 0 Å². The van der Waals surface area contributed by atoms with Gasteiger partial charge in [-0.15, -0.1) is 0 Å². The molecule has 2 aromatic rings. The Morgan fingerprint density at radius 2 is 2.00 bits per heavy atom. The van der Waals surface area contributed by atoms with Crippen LogP contribution in [0.4, 0.5) is 0 Å². The molecule has 1 fully saturated rings. The summed E-state index contributed by atoms with van der Waals surface area (Å²) in [4.78, 5) is 23.4. The lowest BCUT2D eigenvalue weighted by Gasteiger charge is -2.23. The van der Waals surface area contributed by atoms with Gasteiger partial charge in [0.05, 0.1) is 24.3 Å². The van der Waals surface area contributed by atoms with Crippen molar-refractivity contribution in [2.75, 3.05) is 40.8 Å². The minimum absolute atomic E-state index is 0.157. The normalized spacial score (nSPS) is 18.4. The molecule has 1 saturated heterocycles. The first kappa shape index (κ1) is 16.9. The Morgan fingerprint density at radius 3 is 2.75 bits per heavy atom. The van der Waals surface area contributed by atoms with Crippen molar-refractivity contribution in [3.63, 3.8) is 0 Å². The van der Waals surface area contributed by atoms with Crippen molar-refractivity contribution in [3.05, 3.63) is 42.1 Å². The molecule has 0 aliphatic carbocycles. The Kier molecular flexibility index (Phi) is 5.11. The zero-order valence-corrected chi connectivity index (χ0v) is 14.8. The molecule has 0 bridgehead atoms. The maximum atomic E-state index is 12.5. The number of rotatable bonds is 5. The number of amides is 1. The number of likely N-dealkylation sites (N-methyl/N-ethyl adjacent to an activating group) is 2. The number of benzene rings is 1. The van der Waals surface area contributed by atoms with Crippen molar-refractivity contribution in [1.82, 2.24) is 19.7 Å². The monoisotopic (exact) mass is 326 g/mol. The summed E-state index contributed by atoms with van der Waals surface area (Å²) in [5, 5.41) is 1.13. The second-order valence-corrected chi connectivity index (χ2v) is 6.89. The van der Waals surface area contributed by atoms with E-state index < -0.39 is 0 Å². The van der Waals surface area contributed by atoms with Crippen LogP contribution in [0, 0.1) is 0 Å². The Bertz CT molecular complexity index is 715. The summed E-state index contributed by atoms with van der Waals surface area (Å²) in [7, 11) is 6.07. The van der Waals surface area contributed by atoms with Gasteiger partial charge in [0.1, 0.15) is 0 Å². The highest BCUT2D eigenvalue weighted by Crippen LogP contribution is 2.15. The zero-order valence-electron chi connectivity index (χ0n) is 14.8. The van der Waals surface area contributed by atoms with Gasteiger partial charge in [0.25, 0.3) is 0 Å². The number of hydrogen-bond acceptors (Lipinski definition) is 4. The number of pyridine rings is 1. The van der Waals surface area contributed by atoms with Crippen LogP contribution in [0.15, 0.2) is 36.4 Å². The molecular weight excluding hydrogens is 300 g/mol. The highest BCUT2D eigenvalue weighted by atomic mass is 16.2. The molecule has 5 nitrogen and oxygen atoms in total. The lowest BCUT2D eigenvalue weighted by molar-refractivity contribution is -0.131. The van der Waals surface area contributed by atoms with Gasteiger partial charge in [-0.25, -0.2) is 0 Å². The quantitative estimate of drug-likeness (QED) is 0.840. The largest absolute Gasteiger partial charge is 0.339 e. The fourth-order valence-corrected chi connectivity index (χ4v) is 3.22. The van der Waals surface area contributed by atoms with E-state index in [4.69, 9.17) is 0 Å². The summed E-state index contributed by atoms with van der Waals surface area (Å²) in [6.45, 7) is 3.01. The molecule has 0 N–H and O–H groups in total. The van der Waals surface area contributed by atoms with Crippen LogP contribution in [0.2, 0.25) is 0 Å². The van der Waals surface area contributed by atoms with Gasteiger partial charge >= 0.3 is 0 Å². The number of hydrogen-bond donors (Lipinski definition) is 0. The molecule has 1 amide bonds. The average molecular weight is 326 g/mol. The maximum absolute atomic E-state index is 12.5. The Balaban J connectivity index is 1.57. The Labute approximate surface area is 143 Å². The number of aromatic nitrogens is 1. The summed E-state index contributed by atoms with van der Waals surface area (Å²) >= 11 is 0. The minimum atomic E-state index is 0.157. The van der Waals surface area contributed by atoms with E-state index in [-0.39, 0.29) is 5.91 Å². The van der Waals surface area contributed by atoms with Crippen LogP contribution in [0.3, 0.4) is 0 Å². The molecule has 1 aromatic heterocycles. The first-order valence-electron chi connectivity index (χ1n) is 8.50. The number of para-hydroxylation sites is 1. The zero-order chi connectivity index (χ0) is 17.1. The molecular formula is C19H26N4O. The number of carbonyl (C=O) groups is 1. The van der Waals surface area contributed by atoms with E-state index in [1.807, 2.05) is 31.3 Å². The molecule has 24 heavy (non-hydrogen) atoms. The minimum Gasteiger partial charge on any atom is -0.339 e. The molecule has 0 unspecified atom stereocenters. The van der Waals surface area contributed by atoms with Crippen LogP contribution in [0.25, 0.3) is 10.9 Å². The van der Waals surface area contributed by atoms with E-state index in [0.29, 0.717) is 19.1 Å². The SMILES string of the molecule is CN(Cc1ccc2ccccc2n1)C(=O)CN1CC[C@@H](N(C)C)C1. The fourth-order valence-electron chi connectivity index (χ4n) is 3.22. The van der Waals surface area contributed by atoms with E-state index in [1.54, 1.807) is 4.90 Å². The number of carbonyl (C=O) groups excluding carboxylic acids is 1. The third-order valence-corrected chi connectivity index (χ3v) is 4.82. The van der Waals surface area contributed by atoms with E-state index in [2.05, 4.69) is 41.0 Å². The van der Waals surface area contributed by atoms with E-state index >= 15 is 0 Å². The molecule has 1 aliphatic rings. The average Bonchev–Trinajstić information content (AvgIpc) is 3.03. The fraction of sp³-hybridized carbons (Fsp3) is 0.474. The summed E-state index contributed by atoms with van der Waals surface area (Å²) in [5.74, 6) is 0.157. The molecule has 5 heteroatoms. The van der Waals surface area contributed by atoms with Crippen LogP contribution in [-0.4, -0.2) is 72.4 Å². The van der Waals surface area contributed by atoms with E-state index in [0.717, 1.165) is 36.1 Å². The molecule has 3 rings (SSSR count). The molecule has 1 aliphatic heterocycles. The van der Waals surface area contributed by atoms with Gasteiger partial charge < -0.3 is 9.80 Å².